The van der Waals surface area contributed by atoms with E-state index in [-0.39, 0.29) is 30.7 Å². The van der Waals surface area contributed by atoms with Crippen LogP contribution in [0.1, 0.15) is 53.8 Å². The van der Waals surface area contributed by atoms with Crippen LogP contribution in [0, 0.1) is 5.41 Å². The molecule has 0 aromatic heterocycles. The lowest BCUT2D eigenvalue weighted by atomic mass is 9.82. The standard InChI is InChI=1S/C18H22N2O3/c1-18(2)8-11-19(12-9-18)15(21)7-10-20-16(22)13-5-3-4-6-14(13)17(20)23/h3-6H,7-12H2,1-2H3. The van der Waals surface area contributed by atoms with Crippen LogP contribution in [0.3, 0.4) is 0 Å². The molecular formula is C18H22N2O3. The van der Waals surface area contributed by atoms with Gasteiger partial charge in [-0.05, 0) is 30.4 Å². The number of benzene rings is 1. The Hall–Kier alpha value is -2.17. The highest BCUT2D eigenvalue weighted by molar-refractivity contribution is 6.21. The van der Waals surface area contributed by atoms with Gasteiger partial charge in [0.25, 0.3) is 11.8 Å². The average Bonchev–Trinajstić information content (AvgIpc) is 2.77. The lowest BCUT2D eigenvalue weighted by Crippen LogP contribution is -2.42. The van der Waals surface area contributed by atoms with E-state index < -0.39 is 0 Å². The van der Waals surface area contributed by atoms with E-state index in [0.29, 0.717) is 16.5 Å². The maximum atomic E-state index is 12.3. The summed E-state index contributed by atoms with van der Waals surface area (Å²) in [5.74, 6) is -0.562. The third-order valence-electron chi connectivity index (χ3n) is 4.90. The first kappa shape index (κ1) is 15.7. The SMILES string of the molecule is CC1(C)CCN(C(=O)CCN2C(=O)c3ccccc3C2=O)CC1. The van der Waals surface area contributed by atoms with Gasteiger partial charge >= 0.3 is 0 Å². The molecule has 3 rings (SSSR count). The summed E-state index contributed by atoms with van der Waals surface area (Å²) in [6, 6.07) is 6.80. The summed E-state index contributed by atoms with van der Waals surface area (Å²) in [5.41, 5.74) is 1.16. The summed E-state index contributed by atoms with van der Waals surface area (Å²) < 4.78 is 0. The van der Waals surface area contributed by atoms with Crippen molar-refractivity contribution in [2.75, 3.05) is 19.6 Å². The molecule has 0 unspecified atom stereocenters. The molecule has 2 aliphatic heterocycles. The number of imide groups is 1. The number of carbonyl (C=O) groups excluding carboxylic acids is 3. The number of amides is 3. The monoisotopic (exact) mass is 314 g/mol. The summed E-state index contributed by atoms with van der Waals surface area (Å²) >= 11 is 0. The van der Waals surface area contributed by atoms with E-state index in [1.807, 2.05) is 4.90 Å². The van der Waals surface area contributed by atoms with E-state index in [1.54, 1.807) is 24.3 Å². The molecule has 3 amide bonds. The Labute approximate surface area is 136 Å². The van der Waals surface area contributed by atoms with Crippen LogP contribution in [-0.2, 0) is 4.79 Å². The van der Waals surface area contributed by atoms with Crippen LogP contribution in [0.2, 0.25) is 0 Å². The highest BCUT2D eigenvalue weighted by Crippen LogP contribution is 2.30. The van der Waals surface area contributed by atoms with Crippen LogP contribution in [0.25, 0.3) is 0 Å². The van der Waals surface area contributed by atoms with E-state index >= 15 is 0 Å². The Morgan fingerprint density at radius 2 is 1.57 bits per heavy atom. The van der Waals surface area contributed by atoms with Crippen molar-refractivity contribution in [3.05, 3.63) is 35.4 Å². The van der Waals surface area contributed by atoms with Crippen molar-refractivity contribution in [3.63, 3.8) is 0 Å². The maximum Gasteiger partial charge on any atom is 0.261 e. The van der Waals surface area contributed by atoms with Crippen LogP contribution in [0.5, 0.6) is 0 Å². The fraction of sp³-hybridized carbons (Fsp3) is 0.500. The number of nitrogens with zero attached hydrogens (tertiary/aromatic N) is 2. The number of rotatable bonds is 3. The molecule has 2 heterocycles. The maximum absolute atomic E-state index is 12.3. The summed E-state index contributed by atoms with van der Waals surface area (Å²) in [7, 11) is 0. The Kier molecular flexibility index (Phi) is 3.96. The molecule has 0 bridgehead atoms. The van der Waals surface area contributed by atoms with Gasteiger partial charge in [0, 0.05) is 26.1 Å². The zero-order valence-corrected chi connectivity index (χ0v) is 13.7. The summed E-state index contributed by atoms with van der Waals surface area (Å²) in [4.78, 5) is 39.9. The molecule has 1 fully saturated rings. The Bertz CT molecular complexity index is 621. The normalized spacial score (nSPS) is 19.9. The number of hydrogen-bond donors (Lipinski definition) is 0. The van der Waals surface area contributed by atoms with Gasteiger partial charge in [-0.2, -0.15) is 0 Å². The van der Waals surface area contributed by atoms with Crippen LogP contribution in [0.15, 0.2) is 24.3 Å². The largest absolute Gasteiger partial charge is 0.343 e. The minimum atomic E-state index is -0.293. The van der Waals surface area contributed by atoms with Gasteiger partial charge in [0.2, 0.25) is 5.91 Å². The molecule has 2 aliphatic rings. The molecule has 1 aromatic rings. The molecule has 1 saturated heterocycles. The van der Waals surface area contributed by atoms with Gasteiger partial charge < -0.3 is 4.90 Å². The summed E-state index contributed by atoms with van der Waals surface area (Å²) in [5, 5.41) is 0. The van der Waals surface area contributed by atoms with Crippen molar-refractivity contribution in [2.24, 2.45) is 5.41 Å². The van der Waals surface area contributed by atoms with Crippen LogP contribution in [-0.4, -0.2) is 47.2 Å². The van der Waals surface area contributed by atoms with Gasteiger partial charge in [0.05, 0.1) is 11.1 Å². The first-order valence-corrected chi connectivity index (χ1v) is 8.12. The second-order valence-electron chi connectivity index (χ2n) is 7.10. The minimum absolute atomic E-state index is 0.0251. The predicted octanol–water partition coefficient (Wildman–Crippen LogP) is 2.32. The third-order valence-corrected chi connectivity index (χ3v) is 4.90. The van der Waals surface area contributed by atoms with Crippen molar-refractivity contribution in [1.29, 1.82) is 0 Å². The predicted molar refractivity (Wildman–Crippen MR) is 86.0 cm³/mol. The van der Waals surface area contributed by atoms with E-state index in [4.69, 9.17) is 0 Å². The molecule has 0 N–H and O–H groups in total. The van der Waals surface area contributed by atoms with Gasteiger partial charge in [0.1, 0.15) is 0 Å². The minimum Gasteiger partial charge on any atom is -0.343 e. The second-order valence-corrected chi connectivity index (χ2v) is 7.10. The first-order valence-electron chi connectivity index (χ1n) is 8.12. The van der Waals surface area contributed by atoms with Crippen LogP contribution < -0.4 is 0 Å². The van der Waals surface area contributed by atoms with Gasteiger partial charge in [0.15, 0.2) is 0 Å². The van der Waals surface area contributed by atoms with Crippen molar-refractivity contribution >= 4 is 17.7 Å². The average molecular weight is 314 g/mol. The number of piperidine rings is 1. The lowest BCUT2D eigenvalue weighted by molar-refractivity contribution is -0.133. The Balaban J connectivity index is 1.58. The smallest absolute Gasteiger partial charge is 0.261 e. The second kappa shape index (κ2) is 5.80. The highest BCUT2D eigenvalue weighted by atomic mass is 16.2. The molecule has 0 aliphatic carbocycles. The van der Waals surface area contributed by atoms with Gasteiger partial charge in [-0.3, -0.25) is 19.3 Å². The van der Waals surface area contributed by atoms with E-state index in [2.05, 4.69) is 13.8 Å². The number of fused-ring (bicyclic) bond motifs is 1. The number of carbonyl (C=O) groups is 3. The fourth-order valence-electron chi connectivity index (χ4n) is 3.17. The molecule has 0 saturated carbocycles. The number of likely N-dealkylation sites (tertiary alicyclic amines) is 1. The molecular weight excluding hydrogens is 292 g/mol. The van der Waals surface area contributed by atoms with Crippen molar-refractivity contribution in [3.8, 4) is 0 Å². The Morgan fingerprint density at radius 3 is 2.09 bits per heavy atom. The lowest BCUT2D eigenvalue weighted by Gasteiger charge is -2.37. The zero-order valence-electron chi connectivity index (χ0n) is 13.7. The van der Waals surface area contributed by atoms with Crippen molar-refractivity contribution in [2.45, 2.75) is 33.1 Å². The van der Waals surface area contributed by atoms with Crippen molar-refractivity contribution < 1.29 is 14.4 Å². The Morgan fingerprint density at radius 1 is 1.04 bits per heavy atom. The topological polar surface area (TPSA) is 57.7 Å². The van der Waals surface area contributed by atoms with Crippen LogP contribution in [0.4, 0.5) is 0 Å². The third kappa shape index (κ3) is 3.00. The first-order chi connectivity index (χ1) is 10.9. The zero-order chi connectivity index (χ0) is 16.6. The van der Waals surface area contributed by atoms with Gasteiger partial charge in [-0.25, -0.2) is 0 Å². The van der Waals surface area contributed by atoms with Gasteiger partial charge in [-0.15, -0.1) is 0 Å². The molecule has 1 aromatic carbocycles. The van der Waals surface area contributed by atoms with E-state index in [1.165, 1.54) is 4.90 Å². The molecule has 0 spiro atoms. The number of hydrogen-bond acceptors (Lipinski definition) is 3. The van der Waals surface area contributed by atoms with E-state index in [9.17, 15) is 14.4 Å². The van der Waals surface area contributed by atoms with Crippen LogP contribution >= 0.6 is 0 Å². The summed E-state index contributed by atoms with van der Waals surface area (Å²) in [6.45, 7) is 6.11. The van der Waals surface area contributed by atoms with E-state index in [0.717, 1.165) is 25.9 Å². The summed E-state index contributed by atoms with van der Waals surface area (Å²) in [6.07, 6.45) is 2.18. The molecule has 0 radical (unpaired) electrons. The fourth-order valence-corrected chi connectivity index (χ4v) is 3.17. The highest BCUT2D eigenvalue weighted by Gasteiger charge is 2.35. The molecule has 5 nitrogen and oxygen atoms in total. The van der Waals surface area contributed by atoms with Gasteiger partial charge in [-0.1, -0.05) is 26.0 Å². The molecule has 0 atom stereocenters. The molecule has 5 heteroatoms. The van der Waals surface area contributed by atoms with Crippen molar-refractivity contribution in [1.82, 2.24) is 9.80 Å². The quantitative estimate of drug-likeness (QED) is 0.805. The molecule has 122 valence electrons. The molecule has 23 heavy (non-hydrogen) atoms.